The zero-order valence-corrected chi connectivity index (χ0v) is 18.5. The fourth-order valence-corrected chi connectivity index (χ4v) is 5.58. The van der Waals surface area contributed by atoms with Gasteiger partial charge in [-0.25, -0.2) is 0 Å². The number of allylic oxidation sites excluding steroid dienone is 3. The zero-order chi connectivity index (χ0) is 20.9. The molecule has 0 amide bonds. The van der Waals surface area contributed by atoms with Gasteiger partial charge in [-0.1, -0.05) is 23.3 Å². The molecule has 166 valence electrons. The maximum Gasteiger partial charge on any atom is 0.0602 e. The van der Waals surface area contributed by atoms with Crippen molar-refractivity contribution in [3.8, 4) is 0 Å². The Morgan fingerprint density at radius 1 is 1.03 bits per heavy atom. The Balaban J connectivity index is 1.46. The van der Waals surface area contributed by atoms with E-state index in [0.717, 1.165) is 32.3 Å². The van der Waals surface area contributed by atoms with Gasteiger partial charge in [0.2, 0.25) is 0 Å². The molecule has 2 atom stereocenters. The smallest absolute Gasteiger partial charge is 0.0602 e. The molecule has 0 unspecified atom stereocenters. The first-order valence-electron chi connectivity index (χ1n) is 11.8. The van der Waals surface area contributed by atoms with E-state index in [2.05, 4.69) is 12.2 Å². The zero-order valence-electron chi connectivity index (χ0n) is 18.5. The van der Waals surface area contributed by atoms with Gasteiger partial charge in [-0.2, -0.15) is 0 Å². The molecular weight excluding hydrogens is 364 g/mol. The van der Waals surface area contributed by atoms with E-state index < -0.39 is 5.60 Å². The Bertz CT molecular complexity index is 566. The Hall–Kier alpha value is -0.680. The van der Waals surface area contributed by atoms with Crippen LogP contribution in [-0.4, -0.2) is 45.8 Å². The van der Waals surface area contributed by atoms with Gasteiger partial charge in [-0.05, 0) is 103 Å². The van der Waals surface area contributed by atoms with Crippen LogP contribution in [0.5, 0.6) is 0 Å². The van der Waals surface area contributed by atoms with Gasteiger partial charge in [0.15, 0.2) is 0 Å². The van der Waals surface area contributed by atoms with E-state index in [9.17, 15) is 15.3 Å². The lowest BCUT2D eigenvalue weighted by atomic mass is 9.63. The minimum atomic E-state index is -0.589. The summed E-state index contributed by atoms with van der Waals surface area (Å²) in [5.41, 5.74) is 2.60. The Kier molecular flexibility index (Phi) is 8.00. The Morgan fingerprint density at radius 3 is 2.34 bits per heavy atom. The number of aliphatic hydroxyl groups excluding tert-OH is 2. The highest BCUT2D eigenvalue weighted by Gasteiger charge is 2.37. The first kappa shape index (κ1) is 23.0. The standard InChI is InChI=1S/C25H42O4/c1-24(2,28)10-4-14-29-23-8-12-25(13-9-23)11-3-5-19(18-25)6-7-20-15-21(26)17-22(27)16-20/h6-7,21-23,26-28H,3-5,8-18H2,1-2H3/b19-6+/t21-,22-,23?,25?/m0/s1. The first-order chi connectivity index (χ1) is 13.7. The molecule has 0 aromatic heterocycles. The van der Waals surface area contributed by atoms with Crippen molar-refractivity contribution >= 4 is 0 Å². The summed E-state index contributed by atoms with van der Waals surface area (Å²) in [7, 11) is 0. The van der Waals surface area contributed by atoms with Gasteiger partial charge >= 0.3 is 0 Å². The topological polar surface area (TPSA) is 69.9 Å². The van der Waals surface area contributed by atoms with Crippen molar-refractivity contribution in [1.82, 2.24) is 0 Å². The summed E-state index contributed by atoms with van der Waals surface area (Å²) in [5.74, 6) is 0. The molecule has 1 spiro atoms. The molecular formula is C25H42O4. The van der Waals surface area contributed by atoms with E-state index in [4.69, 9.17) is 4.74 Å². The van der Waals surface area contributed by atoms with Gasteiger partial charge in [0.05, 0.1) is 23.9 Å². The first-order valence-corrected chi connectivity index (χ1v) is 11.8. The van der Waals surface area contributed by atoms with Crippen molar-refractivity contribution in [2.75, 3.05) is 6.61 Å². The highest BCUT2D eigenvalue weighted by molar-refractivity contribution is 5.22. The Labute approximate surface area is 177 Å². The van der Waals surface area contributed by atoms with Crippen LogP contribution in [0, 0.1) is 5.41 Å². The number of ether oxygens (including phenoxy) is 1. The normalized spacial score (nSPS) is 35.3. The van der Waals surface area contributed by atoms with Crippen molar-refractivity contribution in [2.24, 2.45) is 5.41 Å². The van der Waals surface area contributed by atoms with Crippen LogP contribution in [0.1, 0.15) is 97.3 Å². The van der Waals surface area contributed by atoms with E-state index in [1.807, 2.05) is 13.8 Å². The molecule has 3 aliphatic rings. The summed E-state index contributed by atoms with van der Waals surface area (Å²) < 4.78 is 6.10. The van der Waals surface area contributed by atoms with E-state index in [-0.39, 0.29) is 12.2 Å². The summed E-state index contributed by atoms with van der Waals surface area (Å²) in [6.45, 7) is 4.48. The summed E-state index contributed by atoms with van der Waals surface area (Å²) in [5, 5.41) is 29.6. The van der Waals surface area contributed by atoms with E-state index in [1.54, 1.807) is 5.57 Å². The lowest BCUT2D eigenvalue weighted by molar-refractivity contribution is -0.0179. The maximum absolute atomic E-state index is 9.88. The number of rotatable bonds is 6. The quantitative estimate of drug-likeness (QED) is 0.553. The molecule has 4 heteroatoms. The number of hydrogen-bond donors (Lipinski definition) is 3. The third-order valence-corrected chi connectivity index (χ3v) is 7.18. The monoisotopic (exact) mass is 406 g/mol. The molecule has 0 bridgehead atoms. The minimum absolute atomic E-state index is 0.389. The molecule has 0 heterocycles. The minimum Gasteiger partial charge on any atom is -0.393 e. The van der Waals surface area contributed by atoms with E-state index in [0.29, 0.717) is 30.8 Å². The lowest BCUT2D eigenvalue weighted by Crippen LogP contribution is -2.33. The van der Waals surface area contributed by atoms with Crippen LogP contribution >= 0.6 is 0 Å². The molecule has 29 heavy (non-hydrogen) atoms. The van der Waals surface area contributed by atoms with Crippen LogP contribution in [0.25, 0.3) is 0 Å². The molecule has 3 N–H and O–H groups in total. The molecule has 3 fully saturated rings. The second-order valence-electron chi connectivity index (χ2n) is 10.6. The van der Waals surface area contributed by atoms with Crippen molar-refractivity contribution in [1.29, 1.82) is 0 Å². The molecule has 3 saturated carbocycles. The second-order valence-corrected chi connectivity index (χ2v) is 10.6. The molecule has 0 aromatic rings. The SMILES string of the molecule is CC(C)(O)CCCOC1CCC2(CCC/C(=C\C=C3C[C@H](O)C[C@@H](O)C3)C2)CC1. The van der Waals surface area contributed by atoms with Gasteiger partial charge in [0.1, 0.15) is 0 Å². The fraction of sp³-hybridized carbons (Fsp3) is 0.840. The number of hydrogen-bond acceptors (Lipinski definition) is 4. The fourth-order valence-electron chi connectivity index (χ4n) is 5.58. The molecule has 0 aliphatic heterocycles. The Morgan fingerprint density at radius 2 is 1.69 bits per heavy atom. The molecule has 0 saturated heterocycles. The van der Waals surface area contributed by atoms with Crippen LogP contribution in [0.15, 0.2) is 23.3 Å². The highest BCUT2D eigenvalue weighted by atomic mass is 16.5. The van der Waals surface area contributed by atoms with Crippen LogP contribution in [-0.2, 0) is 4.74 Å². The largest absolute Gasteiger partial charge is 0.393 e. The van der Waals surface area contributed by atoms with Crippen molar-refractivity contribution < 1.29 is 20.1 Å². The van der Waals surface area contributed by atoms with Crippen molar-refractivity contribution in [3.05, 3.63) is 23.3 Å². The molecule has 3 aliphatic carbocycles. The van der Waals surface area contributed by atoms with Crippen LogP contribution in [0.3, 0.4) is 0 Å². The van der Waals surface area contributed by atoms with Crippen LogP contribution < -0.4 is 0 Å². The van der Waals surface area contributed by atoms with Gasteiger partial charge in [0.25, 0.3) is 0 Å². The van der Waals surface area contributed by atoms with Gasteiger partial charge < -0.3 is 20.1 Å². The predicted molar refractivity (Wildman–Crippen MR) is 117 cm³/mol. The molecule has 3 rings (SSSR count). The summed E-state index contributed by atoms with van der Waals surface area (Å²) in [4.78, 5) is 0. The van der Waals surface area contributed by atoms with Crippen LogP contribution in [0.2, 0.25) is 0 Å². The van der Waals surface area contributed by atoms with E-state index in [1.165, 1.54) is 44.1 Å². The third kappa shape index (κ3) is 7.50. The molecule has 4 nitrogen and oxygen atoms in total. The molecule has 0 radical (unpaired) electrons. The van der Waals surface area contributed by atoms with Crippen LogP contribution in [0.4, 0.5) is 0 Å². The summed E-state index contributed by atoms with van der Waals surface area (Å²) in [6, 6.07) is 0. The van der Waals surface area contributed by atoms with Crippen molar-refractivity contribution in [2.45, 2.75) is 121 Å². The van der Waals surface area contributed by atoms with E-state index >= 15 is 0 Å². The highest BCUT2D eigenvalue weighted by Crippen LogP contribution is 2.49. The maximum atomic E-state index is 9.88. The average molecular weight is 407 g/mol. The summed E-state index contributed by atoms with van der Waals surface area (Å²) in [6.07, 6.45) is 17.6. The molecule has 0 aromatic carbocycles. The van der Waals surface area contributed by atoms with Crippen molar-refractivity contribution in [3.63, 3.8) is 0 Å². The average Bonchev–Trinajstić information content (AvgIpc) is 2.64. The second kappa shape index (κ2) is 10.1. The number of aliphatic hydroxyl groups is 3. The summed E-state index contributed by atoms with van der Waals surface area (Å²) >= 11 is 0. The predicted octanol–water partition coefficient (Wildman–Crippen LogP) is 4.82. The lowest BCUT2D eigenvalue weighted by Gasteiger charge is -2.43. The van der Waals surface area contributed by atoms with Gasteiger partial charge in [-0.15, -0.1) is 0 Å². The van der Waals surface area contributed by atoms with Gasteiger partial charge in [-0.3, -0.25) is 0 Å². The third-order valence-electron chi connectivity index (χ3n) is 7.18. The van der Waals surface area contributed by atoms with Gasteiger partial charge in [0, 0.05) is 6.61 Å².